The van der Waals surface area contributed by atoms with Gasteiger partial charge >= 0.3 is 5.97 Å². The minimum Gasteiger partial charge on any atom is -0.507 e. The Kier molecular flexibility index (Phi) is 5.59. The topological polar surface area (TPSA) is 101 Å². The molecule has 7 heteroatoms. The Morgan fingerprint density at radius 1 is 1.08 bits per heavy atom. The van der Waals surface area contributed by atoms with Gasteiger partial charge in [-0.15, -0.1) is 0 Å². The molecular formula is C17H16O6S. The van der Waals surface area contributed by atoms with Gasteiger partial charge in [0.1, 0.15) is 23.7 Å². The van der Waals surface area contributed by atoms with E-state index in [1.54, 1.807) is 24.3 Å². The van der Waals surface area contributed by atoms with E-state index in [1.807, 2.05) is 0 Å². The highest BCUT2D eigenvalue weighted by Gasteiger charge is 2.11. The summed E-state index contributed by atoms with van der Waals surface area (Å²) >= 11 is 0. The standard InChI is InChI=1S/C17H16O6S/c18-16-12-13(8-9-15(16)17(19)20)23-10-4-5-11-24(21,22)14-6-2-1-3-7-14/h1-9,12,18H,10-11H2,(H,19,20)/b5-4+. The molecule has 126 valence electrons. The van der Waals surface area contributed by atoms with Crippen LogP contribution in [0.4, 0.5) is 0 Å². The van der Waals surface area contributed by atoms with Gasteiger partial charge in [-0.1, -0.05) is 30.4 Å². The van der Waals surface area contributed by atoms with Crippen molar-refractivity contribution >= 4 is 15.8 Å². The van der Waals surface area contributed by atoms with Gasteiger partial charge in [0.15, 0.2) is 9.84 Å². The fourth-order valence-corrected chi connectivity index (χ4v) is 3.07. The number of phenols is 1. The highest BCUT2D eigenvalue weighted by atomic mass is 32.2. The maximum Gasteiger partial charge on any atom is 0.339 e. The Morgan fingerprint density at radius 3 is 2.42 bits per heavy atom. The lowest BCUT2D eigenvalue weighted by Crippen LogP contribution is -2.05. The van der Waals surface area contributed by atoms with Crippen LogP contribution in [0.5, 0.6) is 11.5 Å². The second-order valence-electron chi connectivity index (χ2n) is 4.86. The third kappa shape index (κ3) is 4.60. The van der Waals surface area contributed by atoms with Crippen molar-refractivity contribution in [2.24, 2.45) is 0 Å². The number of carboxylic acids is 1. The number of benzene rings is 2. The first kappa shape index (κ1) is 17.6. The van der Waals surface area contributed by atoms with Gasteiger partial charge in [-0.05, 0) is 24.3 Å². The third-order valence-electron chi connectivity index (χ3n) is 3.13. The van der Waals surface area contributed by atoms with Crippen LogP contribution in [-0.4, -0.2) is 37.0 Å². The van der Waals surface area contributed by atoms with Gasteiger partial charge in [0.25, 0.3) is 0 Å². The zero-order valence-corrected chi connectivity index (χ0v) is 13.4. The Labute approximate surface area is 139 Å². The van der Waals surface area contributed by atoms with E-state index >= 15 is 0 Å². The summed E-state index contributed by atoms with van der Waals surface area (Å²) in [6.45, 7) is 0.0934. The first-order valence-corrected chi connectivity index (χ1v) is 8.67. The number of rotatable bonds is 7. The van der Waals surface area contributed by atoms with Crippen LogP contribution in [0.15, 0.2) is 65.6 Å². The molecule has 0 aliphatic rings. The number of hydrogen-bond donors (Lipinski definition) is 2. The fourth-order valence-electron chi connectivity index (χ4n) is 1.91. The zero-order chi connectivity index (χ0) is 17.6. The maximum atomic E-state index is 12.0. The fraction of sp³-hybridized carbons (Fsp3) is 0.118. The predicted octanol–water partition coefficient (Wildman–Crippen LogP) is 2.50. The summed E-state index contributed by atoms with van der Waals surface area (Å²) in [4.78, 5) is 11.0. The molecule has 0 unspecified atom stereocenters. The van der Waals surface area contributed by atoms with E-state index in [4.69, 9.17) is 9.84 Å². The van der Waals surface area contributed by atoms with Crippen molar-refractivity contribution in [1.29, 1.82) is 0 Å². The lowest BCUT2D eigenvalue weighted by Gasteiger charge is -2.05. The molecule has 0 heterocycles. The largest absolute Gasteiger partial charge is 0.507 e. The third-order valence-corrected chi connectivity index (χ3v) is 4.75. The molecule has 24 heavy (non-hydrogen) atoms. The second kappa shape index (κ2) is 7.65. The molecule has 0 spiro atoms. The van der Waals surface area contributed by atoms with Crippen LogP contribution in [0.2, 0.25) is 0 Å². The van der Waals surface area contributed by atoms with Gasteiger partial charge in [-0.2, -0.15) is 0 Å². The molecule has 0 aromatic heterocycles. The molecule has 2 aromatic carbocycles. The van der Waals surface area contributed by atoms with Crippen LogP contribution in [0.3, 0.4) is 0 Å². The zero-order valence-electron chi connectivity index (χ0n) is 12.6. The Bertz CT molecular complexity index is 841. The molecule has 0 aliphatic heterocycles. The summed E-state index contributed by atoms with van der Waals surface area (Å²) < 4.78 is 29.4. The molecule has 0 amide bonds. The molecule has 0 fully saturated rings. The minimum atomic E-state index is -3.37. The molecule has 2 rings (SSSR count). The summed E-state index contributed by atoms with van der Waals surface area (Å²) in [7, 11) is -3.37. The summed E-state index contributed by atoms with van der Waals surface area (Å²) in [6.07, 6.45) is 3.02. The number of carbonyl (C=O) groups is 1. The van der Waals surface area contributed by atoms with Crippen molar-refractivity contribution in [2.75, 3.05) is 12.4 Å². The van der Waals surface area contributed by atoms with E-state index in [1.165, 1.54) is 36.4 Å². The van der Waals surface area contributed by atoms with Crippen molar-refractivity contribution < 1.29 is 28.2 Å². The van der Waals surface area contributed by atoms with Crippen molar-refractivity contribution in [3.05, 3.63) is 66.2 Å². The minimum absolute atomic E-state index is 0.0934. The number of carboxylic acid groups (broad SMARTS) is 1. The highest BCUT2D eigenvalue weighted by molar-refractivity contribution is 7.91. The lowest BCUT2D eigenvalue weighted by atomic mass is 10.2. The number of aromatic hydroxyl groups is 1. The molecule has 2 N–H and O–H groups in total. The molecule has 0 bridgehead atoms. The normalized spacial score (nSPS) is 11.5. The van der Waals surface area contributed by atoms with Crippen molar-refractivity contribution in [3.63, 3.8) is 0 Å². The monoisotopic (exact) mass is 348 g/mol. The van der Waals surface area contributed by atoms with Gasteiger partial charge in [0.2, 0.25) is 0 Å². The molecular weight excluding hydrogens is 332 g/mol. The van der Waals surface area contributed by atoms with Crippen LogP contribution in [0, 0.1) is 0 Å². The van der Waals surface area contributed by atoms with Gasteiger partial charge in [0, 0.05) is 6.07 Å². The Hall–Kier alpha value is -2.80. The summed E-state index contributed by atoms with van der Waals surface area (Å²) in [5.74, 6) is -1.49. The van der Waals surface area contributed by atoms with Crippen LogP contribution in [-0.2, 0) is 9.84 Å². The average molecular weight is 348 g/mol. The van der Waals surface area contributed by atoms with Gasteiger partial charge in [-0.25, -0.2) is 13.2 Å². The molecule has 0 radical (unpaired) electrons. The molecule has 6 nitrogen and oxygen atoms in total. The number of hydrogen-bond acceptors (Lipinski definition) is 5. The quantitative estimate of drug-likeness (QED) is 0.746. The maximum absolute atomic E-state index is 12.0. The SMILES string of the molecule is O=C(O)c1ccc(OC/C=C/CS(=O)(=O)c2ccccc2)cc1O. The first-order valence-electron chi connectivity index (χ1n) is 7.02. The molecule has 0 saturated heterocycles. The lowest BCUT2D eigenvalue weighted by molar-refractivity contribution is 0.0693. The van der Waals surface area contributed by atoms with E-state index in [9.17, 15) is 18.3 Å². The average Bonchev–Trinajstić information content (AvgIpc) is 2.55. The highest BCUT2D eigenvalue weighted by Crippen LogP contribution is 2.23. The van der Waals surface area contributed by atoms with E-state index in [0.717, 1.165) is 0 Å². The molecule has 0 atom stereocenters. The number of sulfone groups is 1. The smallest absolute Gasteiger partial charge is 0.339 e. The van der Waals surface area contributed by atoms with Crippen LogP contribution >= 0.6 is 0 Å². The van der Waals surface area contributed by atoms with E-state index in [0.29, 0.717) is 0 Å². The first-order chi connectivity index (χ1) is 11.4. The summed E-state index contributed by atoms with van der Waals surface area (Å²) in [6, 6.07) is 12.0. The van der Waals surface area contributed by atoms with Crippen molar-refractivity contribution in [2.45, 2.75) is 4.90 Å². The summed E-state index contributed by atoms with van der Waals surface area (Å²) in [5, 5.41) is 18.3. The molecule has 2 aromatic rings. The van der Waals surface area contributed by atoms with Gasteiger partial charge < -0.3 is 14.9 Å². The van der Waals surface area contributed by atoms with Crippen molar-refractivity contribution in [1.82, 2.24) is 0 Å². The van der Waals surface area contributed by atoms with Crippen molar-refractivity contribution in [3.8, 4) is 11.5 Å². The Balaban J connectivity index is 1.89. The number of ether oxygens (including phenoxy) is 1. The van der Waals surface area contributed by atoms with Crippen LogP contribution in [0.1, 0.15) is 10.4 Å². The van der Waals surface area contributed by atoms with E-state index < -0.39 is 21.6 Å². The Morgan fingerprint density at radius 2 is 1.79 bits per heavy atom. The van der Waals surface area contributed by atoms with E-state index in [-0.39, 0.29) is 28.6 Å². The molecule has 0 aliphatic carbocycles. The van der Waals surface area contributed by atoms with Crippen LogP contribution in [0.25, 0.3) is 0 Å². The number of aromatic carboxylic acids is 1. The van der Waals surface area contributed by atoms with Crippen LogP contribution < -0.4 is 4.74 Å². The van der Waals surface area contributed by atoms with Gasteiger partial charge in [0.05, 0.1) is 10.6 Å². The van der Waals surface area contributed by atoms with Gasteiger partial charge in [-0.3, -0.25) is 0 Å². The predicted molar refractivity (Wildman–Crippen MR) is 88.2 cm³/mol. The molecule has 0 saturated carbocycles. The van der Waals surface area contributed by atoms with E-state index in [2.05, 4.69) is 0 Å². The summed E-state index contributed by atoms with van der Waals surface area (Å²) in [5.41, 5.74) is -0.216. The second-order valence-corrected chi connectivity index (χ2v) is 6.90.